The van der Waals surface area contributed by atoms with Crippen LogP contribution < -0.4 is 10.6 Å². The molecule has 2 N–H and O–H groups in total. The van der Waals surface area contributed by atoms with Crippen LogP contribution in [-0.4, -0.2) is 46.5 Å². The third-order valence-corrected chi connectivity index (χ3v) is 4.38. The van der Waals surface area contributed by atoms with E-state index < -0.39 is 9.84 Å². The van der Waals surface area contributed by atoms with Gasteiger partial charge in [-0.05, 0) is 18.3 Å². The first kappa shape index (κ1) is 20.2. The lowest BCUT2D eigenvalue weighted by Gasteiger charge is -2.25. The Balaban J connectivity index is 4.03. The van der Waals surface area contributed by atoms with E-state index in [2.05, 4.69) is 36.4 Å². The molecule has 0 saturated carbocycles. The highest BCUT2D eigenvalue weighted by molar-refractivity contribution is 7.90. The molecule has 0 amide bonds. The number of rotatable bonds is 10. The van der Waals surface area contributed by atoms with Crippen molar-refractivity contribution in [3.05, 3.63) is 0 Å². The normalized spacial score (nSPS) is 13.3. The second kappa shape index (κ2) is 10.0. The molecule has 0 aliphatic heterocycles. The van der Waals surface area contributed by atoms with Gasteiger partial charge in [-0.25, -0.2) is 8.42 Å². The molecule has 0 aromatic rings. The number of hydrogen-bond acceptors (Lipinski definition) is 3. The summed E-state index contributed by atoms with van der Waals surface area (Å²) in [5.74, 6) is 1.02. The summed E-state index contributed by atoms with van der Waals surface area (Å²) in [5, 5.41) is 6.57. The van der Waals surface area contributed by atoms with Crippen LogP contribution in [0.1, 0.15) is 52.9 Å². The Hall–Kier alpha value is -0.780. The van der Waals surface area contributed by atoms with Gasteiger partial charge in [-0.3, -0.25) is 4.99 Å². The highest BCUT2D eigenvalue weighted by atomic mass is 32.2. The van der Waals surface area contributed by atoms with Crippen molar-refractivity contribution in [2.75, 3.05) is 32.1 Å². The highest BCUT2D eigenvalue weighted by Crippen LogP contribution is 2.19. The molecule has 0 fully saturated rings. The molecular formula is C15H33N3O2S. The van der Waals surface area contributed by atoms with Crippen LogP contribution in [0.25, 0.3) is 0 Å². The van der Waals surface area contributed by atoms with Gasteiger partial charge < -0.3 is 10.6 Å². The van der Waals surface area contributed by atoms with Gasteiger partial charge in [0.15, 0.2) is 5.96 Å². The standard InChI is InChI=1S/C15H33N3O2S/c1-6-7-8-9-11-17-14(16-4)18-13-15(2,3)10-12-21(5,19)20/h6-13H2,1-5H3,(H2,16,17,18). The van der Waals surface area contributed by atoms with Crippen LogP contribution in [0, 0.1) is 5.41 Å². The van der Waals surface area contributed by atoms with Crippen molar-refractivity contribution in [3.63, 3.8) is 0 Å². The van der Waals surface area contributed by atoms with Gasteiger partial charge in [0.2, 0.25) is 0 Å². The van der Waals surface area contributed by atoms with E-state index in [0.29, 0.717) is 13.0 Å². The molecule has 0 rings (SSSR count). The van der Waals surface area contributed by atoms with E-state index in [1.54, 1.807) is 7.05 Å². The van der Waals surface area contributed by atoms with Crippen molar-refractivity contribution in [2.45, 2.75) is 52.9 Å². The smallest absolute Gasteiger partial charge is 0.190 e. The molecule has 0 atom stereocenters. The fraction of sp³-hybridized carbons (Fsp3) is 0.933. The van der Waals surface area contributed by atoms with Crippen molar-refractivity contribution in [2.24, 2.45) is 10.4 Å². The molecule has 0 aromatic carbocycles. The lowest BCUT2D eigenvalue weighted by Crippen LogP contribution is -2.42. The van der Waals surface area contributed by atoms with E-state index >= 15 is 0 Å². The SMILES string of the molecule is CCCCCCNC(=NC)NCC(C)(C)CCS(C)(=O)=O. The van der Waals surface area contributed by atoms with Crippen LogP contribution in [0.3, 0.4) is 0 Å². The largest absolute Gasteiger partial charge is 0.356 e. The Morgan fingerprint density at radius 3 is 2.33 bits per heavy atom. The zero-order valence-corrected chi connectivity index (χ0v) is 15.1. The van der Waals surface area contributed by atoms with Gasteiger partial charge in [0.1, 0.15) is 9.84 Å². The van der Waals surface area contributed by atoms with Crippen molar-refractivity contribution in [3.8, 4) is 0 Å². The van der Waals surface area contributed by atoms with Crippen molar-refractivity contribution < 1.29 is 8.42 Å². The van der Waals surface area contributed by atoms with Crippen LogP contribution in [0.5, 0.6) is 0 Å². The lowest BCUT2D eigenvalue weighted by atomic mass is 9.90. The number of hydrogen-bond donors (Lipinski definition) is 2. The quantitative estimate of drug-likeness (QED) is 0.368. The molecule has 0 unspecified atom stereocenters. The van der Waals surface area contributed by atoms with Crippen LogP contribution in [0.4, 0.5) is 0 Å². The molecule has 6 heteroatoms. The fourth-order valence-corrected chi connectivity index (χ4v) is 2.78. The summed E-state index contributed by atoms with van der Waals surface area (Å²) in [5.41, 5.74) is -0.0804. The summed E-state index contributed by atoms with van der Waals surface area (Å²) < 4.78 is 22.5. The Kier molecular flexibility index (Phi) is 9.66. The van der Waals surface area contributed by atoms with E-state index in [1.807, 2.05) is 0 Å². The van der Waals surface area contributed by atoms with Crippen LogP contribution in [0.2, 0.25) is 0 Å². The Bertz CT molecular complexity index is 403. The summed E-state index contributed by atoms with van der Waals surface area (Å²) in [6.45, 7) is 7.96. The number of sulfone groups is 1. The lowest BCUT2D eigenvalue weighted by molar-refractivity contribution is 0.348. The second-order valence-corrected chi connectivity index (χ2v) is 8.72. The molecule has 0 heterocycles. The molecule has 21 heavy (non-hydrogen) atoms. The summed E-state index contributed by atoms with van der Waals surface area (Å²) in [6.07, 6.45) is 6.82. The van der Waals surface area contributed by atoms with E-state index in [4.69, 9.17) is 0 Å². The molecule has 0 saturated heterocycles. The Morgan fingerprint density at radius 1 is 1.14 bits per heavy atom. The van der Waals surface area contributed by atoms with Crippen LogP contribution in [-0.2, 0) is 9.84 Å². The molecule has 0 aromatic heterocycles. The third-order valence-electron chi connectivity index (χ3n) is 3.43. The third kappa shape index (κ3) is 12.7. The Labute approximate surface area is 130 Å². The van der Waals surface area contributed by atoms with Crippen LogP contribution >= 0.6 is 0 Å². The second-order valence-electron chi connectivity index (χ2n) is 6.46. The number of nitrogens with zero attached hydrogens (tertiary/aromatic N) is 1. The fourth-order valence-electron chi connectivity index (χ4n) is 1.85. The van der Waals surface area contributed by atoms with E-state index in [-0.39, 0.29) is 11.2 Å². The molecule has 126 valence electrons. The maximum Gasteiger partial charge on any atom is 0.190 e. The zero-order chi connectivity index (χ0) is 16.4. The molecule has 0 aliphatic carbocycles. The average molecular weight is 320 g/mol. The predicted molar refractivity (Wildman–Crippen MR) is 91.6 cm³/mol. The van der Waals surface area contributed by atoms with E-state index in [1.165, 1.54) is 25.5 Å². The molecule has 0 spiro atoms. The molecule has 5 nitrogen and oxygen atoms in total. The number of aliphatic imine (C=N–C) groups is 1. The van der Waals surface area contributed by atoms with Crippen molar-refractivity contribution in [1.29, 1.82) is 0 Å². The van der Waals surface area contributed by atoms with E-state index in [9.17, 15) is 8.42 Å². The van der Waals surface area contributed by atoms with Gasteiger partial charge in [-0.15, -0.1) is 0 Å². The van der Waals surface area contributed by atoms with Gasteiger partial charge in [0, 0.05) is 26.4 Å². The van der Waals surface area contributed by atoms with Crippen molar-refractivity contribution >= 4 is 15.8 Å². The minimum Gasteiger partial charge on any atom is -0.356 e. The van der Waals surface area contributed by atoms with Gasteiger partial charge >= 0.3 is 0 Å². The van der Waals surface area contributed by atoms with Gasteiger partial charge in [0.25, 0.3) is 0 Å². The van der Waals surface area contributed by atoms with Crippen LogP contribution in [0.15, 0.2) is 4.99 Å². The topological polar surface area (TPSA) is 70.6 Å². The molecular weight excluding hydrogens is 286 g/mol. The van der Waals surface area contributed by atoms with E-state index in [0.717, 1.165) is 18.9 Å². The first-order valence-corrected chi connectivity index (χ1v) is 9.88. The monoisotopic (exact) mass is 319 g/mol. The molecule has 0 bridgehead atoms. The molecule has 0 aliphatic rings. The highest BCUT2D eigenvalue weighted by Gasteiger charge is 2.20. The number of guanidine groups is 1. The summed E-state index contributed by atoms with van der Waals surface area (Å²) in [4.78, 5) is 4.19. The summed E-state index contributed by atoms with van der Waals surface area (Å²) in [6, 6.07) is 0. The summed E-state index contributed by atoms with van der Waals surface area (Å²) >= 11 is 0. The number of nitrogens with one attached hydrogen (secondary N) is 2. The first-order chi connectivity index (χ1) is 9.70. The maximum atomic E-state index is 11.2. The minimum absolute atomic E-state index is 0.0804. The van der Waals surface area contributed by atoms with Crippen molar-refractivity contribution in [1.82, 2.24) is 10.6 Å². The van der Waals surface area contributed by atoms with Gasteiger partial charge in [0.05, 0.1) is 5.75 Å². The predicted octanol–water partition coefficient (Wildman–Crippen LogP) is 2.19. The maximum absolute atomic E-state index is 11.2. The summed E-state index contributed by atoms with van der Waals surface area (Å²) in [7, 11) is -1.14. The Morgan fingerprint density at radius 2 is 1.81 bits per heavy atom. The zero-order valence-electron chi connectivity index (χ0n) is 14.3. The molecule has 0 radical (unpaired) electrons. The average Bonchev–Trinajstić information content (AvgIpc) is 2.39. The van der Waals surface area contributed by atoms with Gasteiger partial charge in [-0.1, -0.05) is 40.0 Å². The van der Waals surface area contributed by atoms with Gasteiger partial charge in [-0.2, -0.15) is 0 Å². The minimum atomic E-state index is -2.90. The number of unbranched alkanes of at least 4 members (excludes halogenated alkanes) is 3. The first-order valence-electron chi connectivity index (χ1n) is 7.82.